The number of anilines is 1. The van der Waals surface area contributed by atoms with Crippen molar-refractivity contribution in [2.45, 2.75) is 52.5 Å². The number of hydrogen-bond donors (Lipinski definition) is 1. The summed E-state index contributed by atoms with van der Waals surface area (Å²) in [5, 5.41) is 8.36. The Morgan fingerprint density at radius 2 is 2.04 bits per heavy atom. The van der Waals surface area contributed by atoms with Crippen molar-refractivity contribution in [3.8, 4) is 0 Å². The molecule has 0 atom stereocenters. The highest BCUT2D eigenvalue weighted by molar-refractivity contribution is 6.12. The van der Waals surface area contributed by atoms with Gasteiger partial charge >= 0.3 is 0 Å². The van der Waals surface area contributed by atoms with Gasteiger partial charge in [-0.1, -0.05) is 12.1 Å². The van der Waals surface area contributed by atoms with Crippen LogP contribution in [0.1, 0.15) is 65.8 Å². The topological polar surface area (TPSA) is 59.8 Å². The molecule has 3 aromatic rings. The van der Waals surface area contributed by atoms with E-state index in [4.69, 9.17) is 4.98 Å². The second kappa shape index (κ2) is 6.24. The average Bonchev–Trinajstić information content (AvgIpc) is 3.37. The maximum atomic E-state index is 13.1. The van der Waals surface area contributed by atoms with Crippen molar-refractivity contribution >= 4 is 22.6 Å². The number of fused-ring (bicyclic) bond motifs is 1. The van der Waals surface area contributed by atoms with Gasteiger partial charge in [-0.15, -0.1) is 0 Å². The number of nitrogens with zero attached hydrogens (tertiary/aromatic N) is 3. The van der Waals surface area contributed by atoms with Gasteiger partial charge in [0, 0.05) is 23.3 Å². The van der Waals surface area contributed by atoms with Gasteiger partial charge in [-0.05, 0) is 63.8 Å². The molecule has 2 aromatic heterocycles. The molecule has 0 aliphatic heterocycles. The normalized spacial score (nSPS) is 14.2. The number of aryl methyl sites for hydroxylation is 1. The first-order chi connectivity index (χ1) is 12.5. The van der Waals surface area contributed by atoms with E-state index in [2.05, 4.69) is 24.3 Å². The zero-order valence-electron chi connectivity index (χ0n) is 15.7. The first kappa shape index (κ1) is 16.8. The molecule has 1 aromatic carbocycles. The zero-order chi connectivity index (χ0) is 18.4. The summed E-state index contributed by atoms with van der Waals surface area (Å²) >= 11 is 0. The number of pyridine rings is 1. The molecule has 1 amide bonds. The molecule has 4 rings (SSSR count). The van der Waals surface area contributed by atoms with Gasteiger partial charge in [0.25, 0.3) is 5.91 Å². The van der Waals surface area contributed by atoms with Crippen LogP contribution in [-0.4, -0.2) is 20.7 Å². The Morgan fingerprint density at radius 3 is 2.73 bits per heavy atom. The minimum atomic E-state index is -0.101. The third-order valence-corrected chi connectivity index (χ3v) is 5.17. The predicted molar refractivity (Wildman–Crippen MR) is 104 cm³/mol. The lowest BCUT2D eigenvalue weighted by atomic mass is 10.1. The molecule has 5 nitrogen and oxygen atoms in total. The second-order valence-corrected chi connectivity index (χ2v) is 7.49. The SMILES string of the molecule is Cc1cccc(NC(=O)c2cc(C3CC3)nc3c2cnn3C(C)C)c1C. The zero-order valence-corrected chi connectivity index (χ0v) is 15.7. The van der Waals surface area contributed by atoms with E-state index in [9.17, 15) is 4.79 Å². The highest BCUT2D eigenvalue weighted by Gasteiger charge is 2.28. The summed E-state index contributed by atoms with van der Waals surface area (Å²) in [7, 11) is 0. The number of carbonyl (C=O) groups excluding carboxylic acids is 1. The van der Waals surface area contributed by atoms with Gasteiger partial charge in [-0.2, -0.15) is 5.10 Å². The van der Waals surface area contributed by atoms with E-state index in [1.165, 1.54) is 0 Å². The highest BCUT2D eigenvalue weighted by atomic mass is 16.1. The minimum absolute atomic E-state index is 0.101. The number of amides is 1. The third-order valence-electron chi connectivity index (χ3n) is 5.17. The van der Waals surface area contributed by atoms with Crippen molar-refractivity contribution in [3.63, 3.8) is 0 Å². The van der Waals surface area contributed by atoms with Gasteiger partial charge in [-0.25, -0.2) is 9.67 Å². The van der Waals surface area contributed by atoms with Crippen molar-refractivity contribution in [1.82, 2.24) is 14.8 Å². The van der Waals surface area contributed by atoms with E-state index < -0.39 is 0 Å². The fraction of sp³-hybridized carbons (Fsp3) is 0.381. The number of benzene rings is 1. The number of carbonyl (C=O) groups is 1. The van der Waals surface area contributed by atoms with Crippen molar-refractivity contribution in [1.29, 1.82) is 0 Å². The van der Waals surface area contributed by atoms with Gasteiger partial charge in [0.05, 0.1) is 17.1 Å². The Bertz CT molecular complexity index is 999. The standard InChI is InChI=1S/C21H24N4O/c1-12(2)25-20-17(11-22-25)16(10-19(23-20)15-8-9-15)21(26)24-18-7-5-6-13(3)14(18)4/h5-7,10-12,15H,8-9H2,1-4H3,(H,24,26). The molecular weight excluding hydrogens is 324 g/mol. The van der Waals surface area contributed by atoms with Gasteiger partial charge in [0.15, 0.2) is 5.65 Å². The molecule has 1 fully saturated rings. The smallest absolute Gasteiger partial charge is 0.256 e. The molecule has 0 saturated heterocycles. The number of rotatable bonds is 4. The molecule has 0 unspecified atom stereocenters. The van der Waals surface area contributed by atoms with Gasteiger partial charge in [-0.3, -0.25) is 4.79 Å². The van der Waals surface area contributed by atoms with Crippen molar-refractivity contribution < 1.29 is 4.79 Å². The molecule has 134 valence electrons. The molecule has 0 spiro atoms. The number of aromatic nitrogens is 3. The summed E-state index contributed by atoms with van der Waals surface area (Å²) < 4.78 is 1.90. The van der Waals surface area contributed by atoms with Crippen LogP contribution in [0.15, 0.2) is 30.5 Å². The Morgan fingerprint density at radius 1 is 1.27 bits per heavy atom. The van der Waals surface area contributed by atoms with Crippen molar-refractivity contribution in [2.75, 3.05) is 5.32 Å². The molecule has 26 heavy (non-hydrogen) atoms. The summed E-state index contributed by atoms with van der Waals surface area (Å²) in [6, 6.07) is 8.11. The average molecular weight is 348 g/mol. The summed E-state index contributed by atoms with van der Waals surface area (Å²) in [5.74, 6) is 0.374. The summed E-state index contributed by atoms with van der Waals surface area (Å²) in [6.07, 6.45) is 4.05. The Hall–Kier alpha value is -2.69. The largest absolute Gasteiger partial charge is 0.322 e. The van der Waals surface area contributed by atoms with E-state index >= 15 is 0 Å². The molecule has 1 N–H and O–H groups in total. The summed E-state index contributed by atoms with van der Waals surface area (Å²) in [4.78, 5) is 17.9. The first-order valence-electron chi connectivity index (χ1n) is 9.21. The van der Waals surface area contributed by atoms with Crippen LogP contribution in [0, 0.1) is 13.8 Å². The van der Waals surface area contributed by atoms with Crippen LogP contribution in [0.5, 0.6) is 0 Å². The lowest BCUT2D eigenvalue weighted by molar-refractivity contribution is 0.102. The molecule has 0 radical (unpaired) electrons. The van der Waals surface area contributed by atoms with Crippen LogP contribution >= 0.6 is 0 Å². The van der Waals surface area contributed by atoms with E-state index in [0.29, 0.717) is 11.5 Å². The van der Waals surface area contributed by atoms with Crippen molar-refractivity contribution in [2.24, 2.45) is 0 Å². The Balaban J connectivity index is 1.79. The molecular formula is C21H24N4O. The van der Waals surface area contributed by atoms with Crippen LogP contribution in [0.2, 0.25) is 0 Å². The maximum absolute atomic E-state index is 13.1. The van der Waals surface area contributed by atoms with Crippen LogP contribution < -0.4 is 5.32 Å². The summed E-state index contributed by atoms with van der Waals surface area (Å²) in [5.41, 5.74) is 5.57. The molecule has 0 bridgehead atoms. The fourth-order valence-electron chi connectivity index (χ4n) is 3.27. The van der Waals surface area contributed by atoms with Crippen molar-refractivity contribution in [3.05, 3.63) is 52.8 Å². The first-order valence-corrected chi connectivity index (χ1v) is 9.21. The summed E-state index contributed by atoms with van der Waals surface area (Å²) in [6.45, 7) is 8.23. The fourth-order valence-corrected chi connectivity index (χ4v) is 3.27. The predicted octanol–water partition coefficient (Wildman–Crippen LogP) is 4.76. The van der Waals surface area contributed by atoms with Gasteiger partial charge < -0.3 is 5.32 Å². The molecule has 1 aliphatic rings. The highest BCUT2D eigenvalue weighted by Crippen LogP contribution is 2.40. The lowest BCUT2D eigenvalue weighted by Crippen LogP contribution is -2.15. The maximum Gasteiger partial charge on any atom is 0.256 e. The van der Waals surface area contributed by atoms with E-state index in [1.807, 2.05) is 42.8 Å². The Kier molecular flexibility index (Phi) is 4.02. The second-order valence-electron chi connectivity index (χ2n) is 7.49. The van der Waals surface area contributed by atoms with Gasteiger partial charge in [0.2, 0.25) is 0 Å². The van der Waals surface area contributed by atoms with Crippen LogP contribution in [0.4, 0.5) is 5.69 Å². The van der Waals surface area contributed by atoms with E-state index in [0.717, 1.165) is 46.4 Å². The van der Waals surface area contributed by atoms with E-state index in [-0.39, 0.29) is 11.9 Å². The van der Waals surface area contributed by atoms with Gasteiger partial charge in [0.1, 0.15) is 0 Å². The quantitative estimate of drug-likeness (QED) is 0.739. The molecule has 5 heteroatoms. The monoisotopic (exact) mass is 348 g/mol. The number of nitrogens with one attached hydrogen (secondary N) is 1. The molecule has 2 heterocycles. The van der Waals surface area contributed by atoms with Crippen LogP contribution in [0.3, 0.4) is 0 Å². The molecule has 1 saturated carbocycles. The van der Waals surface area contributed by atoms with Crippen LogP contribution in [-0.2, 0) is 0 Å². The number of hydrogen-bond acceptors (Lipinski definition) is 3. The lowest BCUT2D eigenvalue weighted by Gasteiger charge is -2.12. The van der Waals surface area contributed by atoms with Crippen LogP contribution in [0.25, 0.3) is 11.0 Å². The Labute approximate surface area is 153 Å². The third kappa shape index (κ3) is 2.87. The minimum Gasteiger partial charge on any atom is -0.322 e. The molecule has 1 aliphatic carbocycles. The van der Waals surface area contributed by atoms with E-state index in [1.54, 1.807) is 6.20 Å².